The molecule has 1 aromatic rings. The first kappa shape index (κ1) is 12.1. The molecule has 0 saturated heterocycles. The van der Waals surface area contributed by atoms with Crippen LogP contribution < -0.4 is 11.1 Å². The lowest BCUT2D eigenvalue weighted by Crippen LogP contribution is -2.42. The number of hydrogen-bond acceptors (Lipinski definition) is 3. The Bertz CT molecular complexity index is 303. The molecule has 3 nitrogen and oxygen atoms in total. The van der Waals surface area contributed by atoms with Gasteiger partial charge in [0.25, 0.3) is 0 Å². The molecule has 0 heterocycles. The molecule has 1 rings (SSSR count). The first-order valence-corrected chi connectivity index (χ1v) is 5.55. The van der Waals surface area contributed by atoms with Crippen LogP contribution in [0.3, 0.4) is 0 Å². The fourth-order valence-electron chi connectivity index (χ4n) is 1.27. The van der Waals surface area contributed by atoms with Gasteiger partial charge in [-0.3, -0.25) is 4.79 Å². The van der Waals surface area contributed by atoms with Crippen molar-refractivity contribution in [3.05, 3.63) is 35.9 Å². The van der Waals surface area contributed by atoms with E-state index in [0.29, 0.717) is 18.7 Å². The molecule has 4 heteroatoms. The lowest BCUT2D eigenvalue weighted by molar-refractivity contribution is -0.122. The zero-order valence-corrected chi connectivity index (χ0v) is 9.41. The summed E-state index contributed by atoms with van der Waals surface area (Å²) in [5, 5.41) is 2.71. The number of benzene rings is 1. The number of nitrogens with one attached hydrogen (secondary N) is 1. The molecule has 15 heavy (non-hydrogen) atoms. The zero-order chi connectivity index (χ0) is 11.1. The van der Waals surface area contributed by atoms with Gasteiger partial charge in [0.15, 0.2) is 0 Å². The quantitative estimate of drug-likeness (QED) is 0.642. The van der Waals surface area contributed by atoms with Crippen molar-refractivity contribution in [1.29, 1.82) is 0 Å². The van der Waals surface area contributed by atoms with Gasteiger partial charge in [0.1, 0.15) is 0 Å². The molecule has 82 valence electrons. The van der Waals surface area contributed by atoms with E-state index in [1.807, 2.05) is 30.3 Å². The van der Waals surface area contributed by atoms with E-state index in [0.717, 1.165) is 5.56 Å². The molecule has 0 fully saturated rings. The minimum absolute atomic E-state index is 0.118. The van der Waals surface area contributed by atoms with E-state index in [9.17, 15) is 4.79 Å². The van der Waals surface area contributed by atoms with Crippen molar-refractivity contribution in [3.8, 4) is 0 Å². The summed E-state index contributed by atoms with van der Waals surface area (Å²) in [6, 6.07) is 9.27. The third kappa shape index (κ3) is 4.36. The van der Waals surface area contributed by atoms with Gasteiger partial charge in [0, 0.05) is 12.3 Å². The Kier molecular flexibility index (Phi) is 5.21. The highest BCUT2D eigenvalue weighted by Crippen LogP contribution is 2.01. The predicted molar refractivity (Wildman–Crippen MR) is 65.0 cm³/mol. The van der Waals surface area contributed by atoms with Gasteiger partial charge in [0.05, 0.1) is 6.04 Å². The second-order valence-electron chi connectivity index (χ2n) is 3.31. The Hall–Kier alpha value is -1.00. The molecule has 0 aliphatic heterocycles. The van der Waals surface area contributed by atoms with Crippen LogP contribution in [0.5, 0.6) is 0 Å². The molecular weight excluding hydrogens is 208 g/mol. The van der Waals surface area contributed by atoms with Gasteiger partial charge in [-0.15, -0.1) is 0 Å². The summed E-state index contributed by atoms with van der Waals surface area (Å²) in [7, 11) is 0. The standard InChI is InChI=1S/C11H16N2OS/c12-10(11(14)13-6-7-15)8-9-4-2-1-3-5-9/h1-5,10,15H,6-8,12H2,(H,13,14). The number of carbonyl (C=O) groups is 1. The Labute approximate surface area is 95.5 Å². The van der Waals surface area contributed by atoms with Crippen molar-refractivity contribution in [2.45, 2.75) is 12.5 Å². The van der Waals surface area contributed by atoms with Crippen molar-refractivity contribution in [2.75, 3.05) is 12.3 Å². The van der Waals surface area contributed by atoms with Gasteiger partial charge in [-0.05, 0) is 12.0 Å². The van der Waals surface area contributed by atoms with E-state index in [1.54, 1.807) is 0 Å². The number of thiol groups is 1. The van der Waals surface area contributed by atoms with Gasteiger partial charge in [0.2, 0.25) is 5.91 Å². The van der Waals surface area contributed by atoms with Crippen LogP contribution in [-0.4, -0.2) is 24.2 Å². The van der Waals surface area contributed by atoms with Crippen molar-refractivity contribution in [3.63, 3.8) is 0 Å². The summed E-state index contributed by atoms with van der Waals surface area (Å²) in [5.41, 5.74) is 6.83. The minimum Gasteiger partial charge on any atom is -0.354 e. The topological polar surface area (TPSA) is 55.1 Å². The van der Waals surface area contributed by atoms with Gasteiger partial charge in [-0.25, -0.2) is 0 Å². The lowest BCUT2D eigenvalue weighted by atomic mass is 10.1. The largest absolute Gasteiger partial charge is 0.354 e. The first-order valence-electron chi connectivity index (χ1n) is 4.92. The van der Waals surface area contributed by atoms with Crippen LogP contribution in [0.15, 0.2) is 30.3 Å². The highest BCUT2D eigenvalue weighted by Gasteiger charge is 2.12. The van der Waals surface area contributed by atoms with Crippen LogP contribution in [0.4, 0.5) is 0 Å². The Balaban J connectivity index is 2.41. The summed E-state index contributed by atoms with van der Waals surface area (Å²) < 4.78 is 0. The molecule has 1 atom stereocenters. The number of hydrogen-bond donors (Lipinski definition) is 3. The fourth-order valence-corrected chi connectivity index (χ4v) is 1.38. The highest BCUT2D eigenvalue weighted by atomic mass is 32.1. The minimum atomic E-state index is -0.479. The Morgan fingerprint density at radius 3 is 2.67 bits per heavy atom. The molecule has 1 aromatic carbocycles. The van der Waals surface area contributed by atoms with Crippen LogP contribution in [0.25, 0.3) is 0 Å². The average molecular weight is 224 g/mol. The van der Waals surface area contributed by atoms with Crippen molar-refractivity contribution >= 4 is 18.5 Å². The summed E-state index contributed by atoms with van der Waals surface area (Å²) in [4.78, 5) is 11.4. The molecular formula is C11H16N2OS. The average Bonchev–Trinajstić information content (AvgIpc) is 2.27. The van der Waals surface area contributed by atoms with Gasteiger partial charge in [-0.2, -0.15) is 12.6 Å². The second-order valence-corrected chi connectivity index (χ2v) is 3.76. The van der Waals surface area contributed by atoms with Crippen LogP contribution in [0, 0.1) is 0 Å². The summed E-state index contributed by atoms with van der Waals surface area (Å²) in [5.74, 6) is 0.511. The monoisotopic (exact) mass is 224 g/mol. The smallest absolute Gasteiger partial charge is 0.237 e. The van der Waals surface area contributed by atoms with Crippen LogP contribution in [0.2, 0.25) is 0 Å². The molecule has 0 spiro atoms. The van der Waals surface area contributed by atoms with Gasteiger partial charge in [-0.1, -0.05) is 30.3 Å². The van der Waals surface area contributed by atoms with Crippen LogP contribution in [-0.2, 0) is 11.2 Å². The predicted octanol–water partition coefficient (Wildman–Crippen LogP) is 0.602. The number of nitrogens with two attached hydrogens (primary N) is 1. The zero-order valence-electron chi connectivity index (χ0n) is 8.52. The van der Waals surface area contributed by atoms with E-state index in [2.05, 4.69) is 17.9 Å². The van der Waals surface area contributed by atoms with Gasteiger partial charge >= 0.3 is 0 Å². The molecule has 0 aliphatic rings. The van der Waals surface area contributed by atoms with Crippen molar-refractivity contribution in [1.82, 2.24) is 5.32 Å². The van der Waals surface area contributed by atoms with Crippen molar-refractivity contribution in [2.24, 2.45) is 5.73 Å². The molecule has 3 N–H and O–H groups in total. The molecule has 1 unspecified atom stereocenters. The summed E-state index contributed by atoms with van der Waals surface area (Å²) in [6.07, 6.45) is 0.569. The number of amides is 1. The third-order valence-electron chi connectivity index (χ3n) is 2.05. The van der Waals surface area contributed by atoms with E-state index in [1.165, 1.54) is 0 Å². The lowest BCUT2D eigenvalue weighted by Gasteiger charge is -2.11. The maximum absolute atomic E-state index is 11.4. The molecule has 0 saturated carbocycles. The van der Waals surface area contributed by atoms with E-state index in [4.69, 9.17) is 5.73 Å². The third-order valence-corrected chi connectivity index (χ3v) is 2.27. The number of carbonyl (C=O) groups excluding carboxylic acids is 1. The highest BCUT2D eigenvalue weighted by molar-refractivity contribution is 7.80. The first-order chi connectivity index (χ1) is 7.24. The Morgan fingerprint density at radius 1 is 1.40 bits per heavy atom. The molecule has 0 radical (unpaired) electrons. The molecule has 0 bridgehead atoms. The van der Waals surface area contributed by atoms with E-state index in [-0.39, 0.29) is 5.91 Å². The molecule has 0 aromatic heterocycles. The summed E-state index contributed by atoms with van der Waals surface area (Å²) >= 11 is 4.01. The summed E-state index contributed by atoms with van der Waals surface area (Å²) in [6.45, 7) is 0.560. The SMILES string of the molecule is NC(Cc1ccccc1)C(=O)NCCS. The second kappa shape index (κ2) is 6.48. The van der Waals surface area contributed by atoms with Gasteiger partial charge < -0.3 is 11.1 Å². The van der Waals surface area contributed by atoms with E-state index < -0.39 is 6.04 Å². The maximum Gasteiger partial charge on any atom is 0.237 e. The van der Waals surface area contributed by atoms with Crippen LogP contribution in [0.1, 0.15) is 5.56 Å². The normalized spacial score (nSPS) is 12.1. The molecule has 1 amide bonds. The number of rotatable bonds is 5. The molecule has 0 aliphatic carbocycles. The van der Waals surface area contributed by atoms with Crippen LogP contribution >= 0.6 is 12.6 Å². The fraction of sp³-hybridized carbons (Fsp3) is 0.364. The van der Waals surface area contributed by atoms with Crippen molar-refractivity contribution < 1.29 is 4.79 Å². The maximum atomic E-state index is 11.4. The van der Waals surface area contributed by atoms with E-state index >= 15 is 0 Å². The Morgan fingerprint density at radius 2 is 2.07 bits per heavy atom.